The summed E-state index contributed by atoms with van der Waals surface area (Å²) in [5.41, 5.74) is 0. The molecule has 1 N–H and O–H groups in total. The lowest BCUT2D eigenvalue weighted by Gasteiger charge is -2.11. The Morgan fingerprint density at radius 3 is 2.71 bits per heavy atom. The summed E-state index contributed by atoms with van der Waals surface area (Å²) in [6.07, 6.45) is -3.75. The van der Waals surface area contributed by atoms with E-state index in [1.165, 1.54) is 13.2 Å². The molecule has 0 radical (unpaired) electrons. The van der Waals surface area contributed by atoms with Crippen molar-refractivity contribution >= 4 is 23.5 Å². The lowest BCUT2D eigenvalue weighted by Crippen LogP contribution is -2.14. The molecule has 0 aliphatic carbocycles. The van der Waals surface area contributed by atoms with Gasteiger partial charge in [-0.25, -0.2) is 9.97 Å². The summed E-state index contributed by atoms with van der Waals surface area (Å²) in [5.74, 6) is -1.20. The molecular weight excluding hydrogens is 307 g/mol. The minimum Gasteiger partial charge on any atom is -0.469 e. The zero-order valence-corrected chi connectivity index (χ0v) is 12.5. The average molecular weight is 323 g/mol. The number of alkyl halides is 3. The Morgan fingerprint density at radius 2 is 2.14 bits per heavy atom. The van der Waals surface area contributed by atoms with Crippen molar-refractivity contribution in [3.8, 4) is 0 Å². The number of nitrogens with one attached hydrogen (secondary N) is 1. The molecule has 1 rings (SSSR count). The molecule has 5 nitrogen and oxygen atoms in total. The maximum absolute atomic E-state index is 12.7. The maximum atomic E-state index is 12.7. The normalized spacial score (nSPS) is 11.3. The molecule has 0 saturated carbocycles. The number of esters is 1. The van der Waals surface area contributed by atoms with Gasteiger partial charge in [0.2, 0.25) is 5.82 Å². The highest BCUT2D eigenvalue weighted by atomic mass is 32.2. The van der Waals surface area contributed by atoms with E-state index in [2.05, 4.69) is 20.0 Å². The lowest BCUT2D eigenvalue weighted by atomic mass is 10.4. The molecule has 0 spiro atoms. The van der Waals surface area contributed by atoms with Crippen LogP contribution in [0.15, 0.2) is 11.1 Å². The SMILES string of the molecule is CCCNc1cc(SCCC(=O)OC)nc(C(F)(F)F)n1. The van der Waals surface area contributed by atoms with Gasteiger partial charge in [-0.15, -0.1) is 11.8 Å². The number of thioether (sulfide) groups is 1. The van der Waals surface area contributed by atoms with E-state index in [9.17, 15) is 18.0 Å². The summed E-state index contributed by atoms with van der Waals surface area (Å²) in [6, 6.07) is 1.44. The first-order valence-electron chi connectivity index (χ1n) is 6.26. The fraction of sp³-hybridized carbons (Fsp3) is 0.583. The van der Waals surface area contributed by atoms with Crippen LogP contribution < -0.4 is 5.32 Å². The number of aromatic nitrogens is 2. The van der Waals surface area contributed by atoms with E-state index in [0.29, 0.717) is 6.54 Å². The number of halogens is 3. The van der Waals surface area contributed by atoms with E-state index < -0.39 is 18.0 Å². The van der Waals surface area contributed by atoms with Gasteiger partial charge < -0.3 is 10.1 Å². The molecule has 118 valence electrons. The standard InChI is InChI=1S/C12H16F3N3O2S/c1-3-5-16-8-7-9(21-6-4-10(19)20-2)18-11(17-8)12(13,14)15/h7H,3-6H2,1-2H3,(H,16,17,18). The molecule has 1 heterocycles. The third-order valence-electron chi connectivity index (χ3n) is 2.30. The third kappa shape index (κ3) is 6.19. The smallest absolute Gasteiger partial charge is 0.451 e. The molecule has 1 aromatic rings. The molecule has 0 amide bonds. The topological polar surface area (TPSA) is 64.1 Å². The molecule has 0 fully saturated rings. The fourth-order valence-corrected chi connectivity index (χ4v) is 2.13. The van der Waals surface area contributed by atoms with Crippen molar-refractivity contribution in [2.24, 2.45) is 0 Å². The van der Waals surface area contributed by atoms with Gasteiger partial charge >= 0.3 is 12.1 Å². The number of hydrogen-bond donors (Lipinski definition) is 1. The molecule has 0 aromatic carbocycles. The molecular formula is C12H16F3N3O2S. The first kappa shape index (κ1) is 17.5. The van der Waals surface area contributed by atoms with Gasteiger partial charge in [-0.1, -0.05) is 6.92 Å². The van der Waals surface area contributed by atoms with Crippen molar-refractivity contribution in [1.82, 2.24) is 9.97 Å². The van der Waals surface area contributed by atoms with Crippen LogP contribution in [0.2, 0.25) is 0 Å². The summed E-state index contributed by atoms with van der Waals surface area (Å²) in [5, 5.41) is 2.97. The average Bonchev–Trinajstić information content (AvgIpc) is 2.43. The second kappa shape index (κ2) is 8.06. The van der Waals surface area contributed by atoms with Crippen molar-refractivity contribution in [3.63, 3.8) is 0 Å². The van der Waals surface area contributed by atoms with E-state index >= 15 is 0 Å². The summed E-state index contributed by atoms with van der Waals surface area (Å²) in [7, 11) is 1.26. The van der Waals surface area contributed by atoms with E-state index in [-0.39, 0.29) is 23.0 Å². The number of ether oxygens (including phenoxy) is 1. The van der Waals surface area contributed by atoms with Gasteiger partial charge in [-0.2, -0.15) is 13.2 Å². The molecule has 0 atom stereocenters. The van der Waals surface area contributed by atoms with Gasteiger partial charge in [0.05, 0.1) is 13.5 Å². The number of anilines is 1. The number of rotatable bonds is 7. The van der Waals surface area contributed by atoms with Crippen LogP contribution >= 0.6 is 11.8 Å². The Kier molecular flexibility index (Phi) is 6.73. The first-order valence-corrected chi connectivity index (χ1v) is 7.25. The predicted octanol–water partition coefficient (Wildman–Crippen LogP) is 2.97. The third-order valence-corrected chi connectivity index (χ3v) is 3.21. The van der Waals surface area contributed by atoms with Gasteiger partial charge in [-0.05, 0) is 6.42 Å². The largest absolute Gasteiger partial charge is 0.469 e. The van der Waals surface area contributed by atoms with Crippen LogP contribution in [0.4, 0.5) is 19.0 Å². The van der Waals surface area contributed by atoms with Gasteiger partial charge in [-0.3, -0.25) is 4.79 Å². The van der Waals surface area contributed by atoms with Crippen molar-refractivity contribution in [3.05, 3.63) is 11.9 Å². The molecule has 9 heteroatoms. The highest BCUT2D eigenvalue weighted by molar-refractivity contribution is 7.99. The molecule has 1 aromatic heterocycles. The number of hydrogen-bond acceptors (Lipinski definition) is 6. The van der Waals surface area contributed by atoms with Crippen LogP contribution in [0, 0.1) is 0 Å². The monoisotopic (exact) mass is 323 g/mol. The van der Waals surface area contributed by atoms with Crippen molar-refractivity contribution in [1.29, 1.82) is 0 Å². The highest BCUT2D eigenvalue weighted by Gasteiger charge is 2.35. The second-order valence-corrected chi connectivity index (χ2v) is 5.13. The van der Waals surface area contributed by atoms with Gasteiger partial charge in [0, 0.05) is 18.4 Å². The Labute approximate surface area is 124 Å². The number of carbonyl (C=O) groups excluding carboxylic acids is 1. The molecule has 0 aliphatic heterocycles. The minimum absolute atomic E-state index is 0.101. The van der Waals surface area contributed by atoms with E-state index in [1.54, 1.807) is 0 Å². The first-order chi connectivity index (χ1) is 9.86. The Hall–Kier alpha value is -1.51. The van der Waals surface area contributed by atoms with E-state index in [0.717, 1.165) is 18.2 Å². The molecule has 0 saturated heterocycles. The van der Waals surface area contributed by atoms with Crippen LogP contribution in [-0.2, 0) is 15.7 Å². The van der Waals surface area contributed by atoms with Crippen molar-refractivity contribution < 1.29 is 22.7 Å². The minimum atomic E-state index is -4.61. The predicted molar refractivity (Wildman–Crippen MR) is 73.2 cm³/mol. The highest BCUT2D eigenvalue weighted by Crippen LogP contribution is 2.29. The molecule has 0 unspecified atom stereocenters. The number of carbonyl (C=O) groups is 1. The maximum Gasteiger partial charge on any atom is 0.451 e. The molecule has 0 bridgehead atoms. The fourth-order valence-electron chi connectivity index (χ4n) is 1.31. The second-order valence-electron chi connectivity index (χ2n) is 4.01. The lowest BCUT2D eigenvalue weighted by molar-refractivity contribution is -0.145. The molecule has 21 heavy (non-hydrogen) atoms. The number of nitrogens with zero attached hydrogens (tertiary/aromatic N) is 2. The van der Waals surface area contributed by atoms with Crippen LogP contribution in [0.25, 0.3) is 0 Å². The van der Waals surface area contributed by atoms with E-state index in [4.69, 9.17) is 0 Å². The van der Waals surface area contributed by atoms with Crippen molar-refractivity contribution in [2.75, 3.05) is 24.7 Å². The summed E-state index contributed by atoms with van der Waals surface area (Å²) < 4.78 is 42.7. The molecule has 0 aliphatic rings. The van der Waals surface area contributed by atoms with Crippen LogP contribution in [0.5, 0.6) is 0 Å². The Bertz CT molecular complexity index is 483. The quantitative estimate of drug-likeness (QED) is 0.473. The summed E-state index contributed by atoms with van der Waals surface area (Å²) in [6.45, 7) is 2.41. The zero-order valence-electron chi connectivity index (χ0n) is 11.7. The van der Waals surface area contributed by atoms with Gasteiger partial charge in [0.1, 0.15) is 10.8 Å². The Morgan fingerprint density at radius 1 is 1.43 bits per heavy atom. The zero-order chi connectivity index (χ0) is 15.9. The van der Waals surface area contributed by atoms with Crippen molar-refractivity contribution in [2.45, 2.75) is 31.0 Å². The van der Waals surface area contributed by atoms with E-state index in [1.807, 2.05) is 6.92 Å². The van der Waals surface area contributed by atoms with Crippen LogP contribution in [-0.4, -0.2) is 35.3 Å². The van der Waals surface area contributed by atoms with Gasteiger partial charge in [0.15, 0.2) is 0 Å². The van der Waals surface area contributed by atoms with Crippen LogP contribution in [0.1, 0.15) is 25.6 Å². The summed E-state index contributed by atoms with van der Waals surface area (Å²) in [4.78, 5) is 17.9. The Balaban J connectivity index is 2.83. The summed E-state index contributed by atoms with van der Waals surface area (Å²) >= 11 is 1.05. The van der Waals surface area contributed by atoms with Gasteiger partial charge in [0.25, 0.3) is 0 Å². The van der Waals surface area contributed by atoms with Crippen LogP contribution in [0.3, 0.4) is 0 Å². The number of methoxy groups -OCH3 is 1.